The zero-order valence-corrected chi connectivity index (χ0v) is 13.2. The first-order valence-electron chi connectivity index (χ1n) is 6.81. The maximum atomic E-state index is 6.37. The first-order chi connectivity index (χ1) is 10.2. The van der Waals surface area contributed by atoms with Crippen LogP contribution in [0.2, 0.25) is 10.0 Å². The van der Waals surface area contributed by atoms with Crippen LogP contribution in [0, 0.1) is 0 Å². The van der Waals surface area contributed by atoms with Gasteiger partial charge >= 0.3 is 0 Å². The molecule has 0 amide bonds. The monoisotopic (exact) mass is 315 g/mol. The van der Waals surface area contributed by atoms with Crippen LogP contribution in [0.4, 0.5) is 0 Å². The summed E-state index contributed by atoms with van der Waals surface area (Å²) >= 11 is 12.7. The number of hydrogen-bond acceptors (Lipinski definition) is 1. The highest BCUT2D eigenvalue weighted by Gasteiger charge is 2.08. The zero-order chi connectivity index (χ0) is 14.8. The van der Waals surface area contributed by atoms with E-state index in [1.807, 2.05) is 43.4 Å². The summed E-state index contributed by atoms with van der Waals surface area (Å²) in [6.07, 6.45) is 0. The van der Waals surface area contributed by atoms with Gasteiger partial charge < -0.3 is 5.32 Å². The number of hydrogen-bond donors (Lipinski definition) is 1. The molecule has 0 aliphatic heterocycles. The van der Waals surface area contributed by atoms with Crippen molar-refractivity contribution >= 4 is 34.0 Å². The van der Waals surface area contributed by atoms with Crippen LogP contribution in [0.5, 0.6) is 0 Å². The van der Waals surface area contributed by atoms with Gasteiger partial charge in [-0.05, 0) is 41.3 Å². The first kappa shape index (κ1) is 14.4. The summed E-state index contributed by atoms with van der Waals surface area (Å²) in [6, 6.07) is 18.3. The van der Waals surface area contributed by atoms with Gasteiger partial charge in [-0.2, -0.15) is 0 Å². The minimum Gasteiger partial charge on any atom is -0.316 e. The molecule has 0 aliphatic rings. The molecular formula is C18H15Cl2N. The largest absolute Gasteiger partial charge is 0.316 e. The summed E-state index contributed by atoms with van der Waals surface area (Å²) in [5.74, 6) is 0. The van der Waals surface area contributed by atoms with Gasteiger partial charge in [-0.3, -0.25) is 0 Å². The second-order valence-corrected chi connectivity index (χ2v) is 5.79. The van der Waals surface area contributed by atoms with Crippen LogP contribution in [0.25, 0.3) is 21.9 Å². The fourth-order valence-corrected chi connectivity index (χ4v) is 3.04. The Kier molecular flexibility index (Phi) is 4.16. The highest BCUT2D eigenvalue weighted by atomic mass is 35.5. The van der Waals surface area contributed by atoms with Gasteiger partial charge in [0.2, 0.25) is 0 Å². The molecule has 0 fully saturated rings. The molecule has 0 aromatic heterocycles. The van der Waals surface area contributed by atoms with E-state index in [9.17, 15) is 0 Å². The van der Waals surface area contributed by atoms with Crippen molar-refractivity contribution in [1.82, 2.24) is 5.32 Å². The predicted molar refractivity (Wildman–Crippen MR) is 92.2 cm³/mol. The minimum absolute atomic E-state index is 0.764. The number of rotatable bonds is 3. The summed E-state index contributed by atoms with van der Waals surface area (Å²) in [5, 5.41) is 6.87. The minimum atomic E-state index is 0.764. The van der Waals surface area contributed by atoms with E-state index in [0.717, 1.165) is 44.1 Å². The second kappa shape index (κ2) is 6.07. The lowest BCUT2D eigenvalue weighted by Crippen LogP contribution is -2.05. The Bertz CT molecular complexity index is 796. The van der Waals surface area contributed by atoms with Gasteiger partial charge in [0.25, 0.3) is 0 Å². The SMILES string of the molecule is CNCc1ccc(-c2ccc(Cl)c3ccccc23)cc1Cl. The van der Waals surface area contributed by atoms with E-state index < -0.39 is 0 Å². The maximum Gasteiger partial charge on any atom is 0.0484 e. The average Bonchev–Trinajstić information content (AvgIpc) is 2.50. The first-order valence-corrected chi connectivity index (χ1v) is 7.57. The van der Waals surface area contributed by atoms with Crippen LogP contribution >= 0.6 is 23.2 Å². The van der Waals surface area contributed by atoms with Gasteiger partial charge in [0, 0.05) is 22.0 Å². The van der Waals surface area contributed by atoms with E-state index in [4.69, 9.17) is 23.2 Å². The van der Waals surface area contributed by atoms with Crippen LogP contribution < -0.4 is 5.32 Å². The molecule has 0 bridgehead atoms. The van der Waals surface area contributed by atoms with E-state index in [1.165, 1.54) is 0 Å². The fraction of sp³-hybridized carbons (Fsp3) is 0.111. The van der Waals surface area contributed by atoms with Gasteiger partial charge in [-0.1, -0.05) is 65.7 Å². The zero-order valence-electron chi connectivity index (χ0n) is 11.7. The van der Waals surface area contributed by atoms with Crippen LogP contribution in [0.3, 0.4) is 0 Å². The summed E-state index contributed by atoms with van der Waals surface area (Å²) in [6.45, 7) is 0.764. The van der Waals surface area contributed by atoms with Gasteiger partial charge in [0.05, 0.1) is 0 Å². The Hall–Kier alpha value is -1.54. The maximum absolute atomic E-state index is 6.37. The Morgan fingerprint density at radius 3 is 2.33 bits per heavy atom. The molecule has 3 aromatic carbocycles. The number of benzene rings is 3. The van der Waals surface area contributed by atoms with Crippen molar-refractivity contribution < 1.29 is 0 Å². The van der Waals surface area contributed by atoms with E-state index in [1.54, 1.807) is 0 Å². The molecule has 0 unspecified atom stereocenters. The van der Waals surface area contributed by atoms with Crippen molar-refractivity contribution in [1.29, 1.82) is 0 Å². The molecule has 0 atom stereocenters. The van der Waals surface area contributed by atoms with Crippen molar-refractivity contribution in [3.05, 3.63) is 70.2 Å². The van der Waals surface area contributed by atoms with Crippen molar-refractivity contribution in [3.8, 4) is 11.1 Å². The quantitative estimate of drug-likeness (QED) is 0.669. The summed E-state index contributed by atoms with van der Waals surface area (Å²) < 4.78 is 0. The van der Waals surface area contributed by atoms with Gasteiger partial charge in [-0.25, -0.2) is 0 Å². The second-order valence-electron chi connectivity index (χ2n) is 4.98. The van der Waals surface area contributed by atoms with Crippen molar-refractivity contribution in [2.45, 2.75) is 6.54 Å². The third-order valence-corrected chi connectivity index (χ3v) is 4.28. The van der Waals surface area contributed by atoms with E-state index in [2.05, 4.69) is 23.5 Å². The lowest BCUT2D eigenvalue weighted by molar-refractivity contribution is 0.818. The Morgan fingerprint density at radius 2 is 1.62 bits per heavy atom. The molecule has 3 aromatic rings. The predicted octanol–water partition coefficient (Wildman–Crippen LogP) is 5.53. The molecule has 0 saturated carbocycles. The molecule has 0 aliphatic carbocycles. The summed E-state index contributed by atoms with van der Waals surface area (Å²) in [7, 11) is 1.91. The molecule has 1 N–H and O–H groups in total. The number of nitrogens with one attached hydrogen (secondary N) is 1. The molecule has 1 nitrogen and oxygen atoms in total. The van der Waals surface area contributed by atoms with Gasteiger partial charge in [0.1, 0.15) is 0 Å². The molecular weight excluding hydrogens is 301 g/mol. The highest BCUT2D eigenvalue weighted by molar-refractivity contribution is 6.36. The smallest absolute Gasteiger partial charge is 0.0484 e. The molecule has 21 heavy (non-hydrogen) atoms. The Balaban J connectivity index is 2.17. The Morgan fingerprint density at radius 1 is 0.857 bits per heavy atom. The molecule has 3 rings (SSSR count). The van der Waals surface area contributed by atoms with Crippen molar-refractivity contribution in [2.75, 3.05) is 7.05 Å². The molecule has 3 heteroatoms. The molecule has 0 heterocycles. The van der Waals surface area contributed by atoms with Crippen LogP contribution in [-0.2, 0) is 6.54 Å². The Labute approximate surface area is 134 Å². The van der Waals surface area contributed by atoms with E-state index >= 15 is 0 Å². The van der Waals surface area contributed by atoms with Crippen LogP contribution in [0.1, 0.15) is 5.56 Å². The number of halogens is 2. The standard InChI is InChI=1S/C18H15Cl2N/c1-21-11-13-7-6-12(10-18(13)20)14-8-9-17(19)16-5-3-2-4-15(14)16/h2-10,21H,11H2,1H3. The summed E-state index contributed by atoms with van der Waals surface area (Å²) in [4.78, 5) is 0. The lowest BCUT2D eigenvalue weighted by Gasteiger charge is -2.11. The highest BCUT2D eigenvalue weighted by Crippen LogP contribution is 2.34. The third-order valence-electron chi connectivity index (χ3n) is 3.60. The normalized spacial score (nSPS) is 11.0. The van der Waals surface area contributed by atoms with Crippen molar-refractivity contribution in [2.24, 2.45) is 0 Å². The van der Waals surface area contributed by atoms with Crippen molar-refractivity contribution in [3.63, 3.8) is 0 Å². The summed E-state index contributed by atoms with van der Waals surface area (Å²) in [5.41, 5.74) is 3.35. The van der Waals surface area contributed by atoms with Crippen LogP contribution in [0.15, 0.2) is 54.6 Å². The molecule has 0 spiro atoms. The lowest BCUT2D eigenvalue weighted by atomic mass is 9.97. The van der Waals surface area contributed by atoms with E-state index in [-0.39, 0.29) is 0 Å². The molecule has 0 radical (unpaired) electrons. The average molecular weight is 316 g/mol. The van der Waals surface area contributed by atoms with Crippen LogP contribution in [-0.4, -0.2) is 7.05 Å². The molecule has 106 valence electrons. The van der Waals surface area contributed by atoms with E-state index in [0.29, 0.717) is 0 Å². The van der Waals surface area contributed by atoms with Gasteiger partial charge in [0.15, 0.2) is 0 Å². The topological polar surface area (TPSA) is 12.0 Å². The van der Waals surface area contributed by atoms with Gasteiger partial charge in [-0.15, -0.1) is 0 Å². The fourth-order valence-electron chi connectivity index (χ4n) is 2.56. The molecule has 0 saturated heterocycles. The third kappa shape index (κ3) is 2.77. The number of fused-ring (bicyclic) bond motifs is 1.